The molecule has 6 nitrogen and oxygen atoms in total. The fourth-order valence-electron chi connectivity index (χ4n) is 2.56. The minimum atomic E-state index is -0.0788. The predicted octanol–water partition coefficient (Wildman–Crippen LogP) is 0.433. The maximum Gasteiger partial charge on any atom is 0.278 e. The zero-order valence-electron chi connectivity index (χ0n) is 11.8. The lowest BCUT2D eigenvalue weighted by Gasteiger charge is -2.42. The van der Waals surface area contributed by atoms with Crippen molar-refractivity contribution in [3.05, 3.63) is 34.6 Å². The molecular weight excluding hydrogens is 254 g/mol. The molecule has 2 heterocycles. The Morgan fingerprint density at radius 1 is 1.35 bits per heavy atom. The Balaban J connectivity index is 1.95. The molecule has 0 unspecified atom stereocenters. The van der Waals surface area contributed by atoms with E-state index in [9.17, 15) is 4.79 Å². The Kier molecular flexibility index (Phi) is 3.27. The Morgan fingerprint density at radius 3 is 2.95 bits per heavy atom. The topological polar surface area (TPSA) is 63.1 Å². The molecule has 2 aromatic rings. The van der Waals surface area contributed by atoms with Crippen LogP contribution in [0.2, 0.25) is 0 Å². The molecule has 1 saturated heterocycles. The van der Waals surface area contributed by atoms with E-state index in [-0.39, 0.29) is 11.1 Å². The quantitative estimate of drug-likeness (QED) is 0.860. The molecule has 106 valence electrons. The minimum absolute atomic E-state index is 0.00498. The molecule has 20 heavy (non-hydrogen) atoms. The van der Waals surface area contributed by atoms with Gasteiger partial charge in [-0.05, 0) is 26.0 Å². The van der Waals surface area contributed by atoms with Crippen LogP contribution in [0.25, 0.3) is 10.9 Å². The van der Waals surface area contributed by atoms with E-state index < -0.39 is 0 Å². The average molecular weight is 273 g/mol. The molecule has 0 saturated carbocycles. The molecular formula is C14H19N5O. The summed E-state index contributed by atoms with van der Waals surface area (Å²) in [6.45, 7) is 7.54. The Bertz CT molecular complexity index is 679. The number of nitrogens with zero attached hydrogens (tertiary/aromatic N) is 4. The highest BCUT2D eigenvalue weighted by molar-refractivity contribution is 5.76. The van der Waals surface area contributed by atoms with E-state index in [1.165, 1.54) is 4.68 Å². The molecule has 1 aliphatic rings. The van der Waals surface area contributed by atoms with Crippen LogP contribution in [0.15, 0.2) is 29.1 Å². The lowest BCUT2D eigenvalue weighted by Crippen LogP contribution is -2.58. The van der Waals surface area contributed by atoms with Crippen LogP contribution in [-0.2, 0) is 6.67 Å². The number of benzene rings is 1. The third-order valence-corrected chi connectivity index (χ3v) is 3.91. The number of hydrogen-bond donors (Lipinski definition) is 1. The van der Waals surface area contributed by atoms with Gasteiger partial charge in [0.2, 0.25) is 0 Å². The summed E-state index contributed by atoms with van der Waals surface area (Å²) in [7, 11) is 0. The fraction of sp³-hybridized carbons (Fsp3) is 0.500. The lowest BCUT2D eigenvalue weighted by molar-refractivity contribution is 0.0510. The van der Waals surface area contributed by atoms with Gasteiger partial charge < -0.3 is 5.32 Å². The first-order valence-corrected chi connectivity index (χ1v) is 6.86. The van der Waals surface area contributed by atoms with Crippen LogP contribution in [0.1, 0.15) is 13.8 Å². The summed E-state index contributed by atoms with van der Waals surface area (Å²) >= 11 is 0. The molecule has 1 aromatic carbocycles. The first-order chi connectivity index (χ1) is 9.58. The van der Waals surface area contributed by atoms with Gasteiger partial charge in [-0.25, -0.2) is 0 Å². The first-order valence-electron chi connectivity index (χ1n) is 6.86. The van der Waals surface area contributed by atoms with E-state index in [0.717, 1.165) is 19.6 Å². The molecule has 1 N–H and O–H groups in total. The van der Waals surface area contributed by atoms with Crippen molar-refractivity contribution in [2.45, 2.75) is 26.1 Å². The van der Waals surface area contributed by atoms with E-state index in [2.05, 4.69) is 34.4 Å². The molecule has 0 atom stereocenters. The van der Waals surface area contributed by atoms with Crippen molar-refractivity contribution in [1.82, 2.24) is 25.2 Å². The molecule has 0 spiro atoms. The highest BCUT2D eigenvalue weighted by Gasteiger charge is 2.30. The van der Waals surface area contributed by atoms with Crippen molar-refractivity contribution in [3.63, 3.8) is 0 Å². The van der Waals surface area contributed by atoms with Crippen molar-refractivity contribution in [2.24, 2.45) is 0 Å². The largest absolute Gasteiger partial charge is 0.314 e. The van der Waals surface area contributed by atoms with Crippen LogP contribution in [0, 0.1) is 0 Å². The van der Waals surface area contributed by atoms with Gasteiger partial charge in [0.05, 0.1) is 12.1 Å². The van der Waals surface area contributed by atoms with Crippen LogP contribution in [0.5, 0.6) is 0 Å². The van der Waals surface area contributed by atoms with Crippen LogP contribution in [0.3, 0.4) is 0 Å². The Hall–Kier alpha value is -1.79. The average Bonchev–Trinajstić information content (AvgIpc) is 2.44. The number of piperazine rings is 1. The maximum absolute atomic E-state index is 12.4. The van der Waals surface area contributed by atoms with Crippen molar-refractivity contribution in [1.29, 1.82) is 0 Å². The summed E-state index contributed by atoms with van der Waals surface area (Å²) in [5, 5.41) is 12.2. The summed E-state index contributed by atoms with van der Waals surface area (Å²) in [4.78, 5) is 14.7. The van der Waals surface area contributed by atoms with E-state index in [4.69, 9.17) is 0 Å². The number of fused-ring (bicyclic) bond motifs is 1. The summed E-state index contributed by atoms with van der Waals surface area (Å²) < 4.78 is 1.45. The van der Waals surface area contributed by atoms with Gasteiger partial charge in [0.1, 0.15) is 5.52 Å². The molecule has 0 radical (unpaired) electrons. The summed E-state index contributed by atoms with van der Waals surface area (Å²) in [6.07, 6.45) is 0. The van der Waals surface area contributed by atoms with Gasteiger partial charge >= 0.3 is 0 Å². The van der Waals surface area contributed by atoms with Gasteiger partial charge in [0.25, 0.3) is 5.56 Å². The number of hydrogen-bond acceptors (Lipinski definition) is 5. The van der Waals surface area contributed by atoms with Gasteiger partial charge in [0.15, 0.2) is 0 Å². The third kappa shape index (κ3) is 2.32. The number of aromatic nitrogens is 3. The van der Waals surface area contributed by atoms with Gasteiger partial charge in [-0.1, -0.05) is 17.3 Å². The van der Waals surface area contributed by atoms with Crippen LogP contribution < -0.4 is 10.9 Å². The van der Waals surface area contributed by atoms with E-state index in [1.54, 1.807) is 6.07 Å². The first kappa shape index (κ1) is 13.2. The van der Waals surface area contributed by atoms with E-state index >= 15 is 0 Å². The standard InChI is InChI=1S/C14H19N5O/c1-14(2)9-15-7-8-18(14)10-19-13(20)11-5-3-4-6-12(11)16-17-19/h3-6,15H,7-10H2,1-2H3. The molecule has 6 heteroatoms. The van der Waals surface area contributed by atoms with Crippen molar-refractivity contribution >= 4 is 10.9 Å². The summed E-state index contributed by atoms with van der Waals surface area (Å²) in [5.74, 6) is 0. The van der Waals surface area contributed by atoms with Crippen molar-refractivity contribution < 1.29 is 0 Å². The second-order valence-electron chi connectivity index (χ2n) is 5.81. The molecule has 1 aromatic heterocycles. The van der Waals surface area contributed by atoms with E-state index in [1.807, 2.05) is 18.2 Å². The third-order valence-electron chi connectivity index (χ3n) is 3.91. The van der Waals surface area contributed by atoms with Crippen molar-refractivity contribution in [3.8, 4) is 0 Å². The normalized spacial score (nSPS) is 19.3. The maximum atomic E-state index is 12.4. The molecule has 3 rings (SSSR count). The molecule has 1 fully saturated rings. The zero-order valence-corrected chi connectivity index (χ0v) is 11.8. The second-order valence-corrected chi connectivity index (χ2v) is 5.81. The Morgan fingerprint density at radius 2 is 2.15 bits per heavy atom. The van der Waals surface area contributed by atoms with E-state index in [0.29, 0.717) is 17.6 Å². The van der Waals surface area contributed by atoms with Crippen LogP contribution >= 0.6 is 0 Å². The highest BCUT2D eigenvalue weighted by atomic mass is 16.1. The smallest absolute Gasteiger partial charge is 0.278 e. The summed E-state index contributed by atoms with van der Waals surface area (Å²) in [6, 6.07) is 7.32. The minimum Gasteiger partial charge on any atom is -0.314 e. The van der Waals surface area contributed by atoms with Gasteiger partial charge in [-0.3, -0.25) is 9.69 Å². The number of rotatable bonds is 2. The van der Waals surface area contributed by atoms with Gasteiger partial charge in [0, 0.05) is 25.2 Å². The highest BCUT2D eigenvalue weighted by Crippen LogP contribution is 2.16. The predicted molar refractivity (Wildman–Crippen MR) is 77.5 cm³/mol. The molecule has 0 amide bonds. The van der Waals surface area contributed by atoms with Crippen LogP contribution in [0.4, 0.5) is 0 Å². The fourth-order valence-corrected chi connectivity index (χ4v) is 2.56. The molecule has 0 bridgehead atoms. The van der Waals surface area contributed by atoms with Crippen molar-refractivity contribution in [2.75, 3.05) is 19.6 Å². The van der Waals surface area contributed by atoms with Gasteiger partial charge in [-0.15, -0.1) is 5.10 Å². The SMILES string of the molecule is CC1(C)CNCCN1Cn1nnc2ccccc2c1=O. The summed E-state index contributed by atoms with van der Waals surface area (Å²) in [5.41, 5.74) is 0.573. The number of nitrogens with one attached hydrogen (secondary N) is 1. The molecule has 1 aliphatic heterocycles. The second kappa shape index (κ2) is 4.96. The zero-order chi connectivity index (χ0) is 14.2. The lowest BCUT2D eigenvalue weighted by atomic mass is 10.0. The monoisotopic (exact) mass is 273 g/mol. The van der Waals surface area contributed by atoms with Gasteiger partial charge in [-0.2, -0.15) is 4.68 Å². The molecule has 0 aliphatic carbocycles. The van der Waals surface area contributed by atoms with Crippen LogP contribution in [-0.4, -0.2) is 45.1 Å². The Labute approximate surface area is 117 Å².